The lowest BCUT2D eigenvalue weighted by Gasteiger charge is -2.35. The molecular weight excluding hydrogens is 252 g/mol. The smallest absolute Gasteiger partial charge is 0.224 e. The zero-order valence-corrected chi connectivity index (χ0v) is 12.6. The molecule has 1 heterocycles. The number of hydrogen-bond donors (Lipinski definition) is 1. The molecule has 0 spiro atoms. The third-order valence-electron chi connectivity index (χ3n) is 3.57. The first-order chi connectivity index (χ1) is 9.56. The van der Waals surface area contributed by atoms with Crippen LogP contribution in [-0.2, 0) is 9.53 Å². The first-order valence-electron chi connectivity index (χ1n) is 7.29. The van der Waals surface area contributed by atoms with Gasteiger partial charge in [-0.1, -0.05) is 18.2 Å². The fourth-order valence-electron chi connectivity index (χ4n) is 2.61. The SMILES string of the molecule is Cc1ccccc1NCCC(=O)N1C[C@H](C)O[C@@H](C)C1. The van der Waals surface area contributed by atoms with Crippen LogP contribution in [0.15, 0.2) is 24.3 Å². The Hall–Kier alpha value is -1.55. The summed E-state index contributed by atoms with van der Waals surface area (Å²) in [7, 11) is 0. The highest BCUT2D eigenvalue weighted by Crippen LogP contribution is 2.14. The van der Waals surface area contributed by atoms with Gasteiger partial charge in [-0.3, -0.25) is 4.79 Å². The molecule has 1 aromatic rings. The van der Waals surface area contributed by atoms with Crippen molar-refractivity contribution in [3.63, 3.8) is 0 Å². The number of para-hydroxylation sites is 1. The topological polar surface area (TPSA) is 41.6 Å². The molecule has 1 aliphatic rings. The van der Waals surface area contributed by atoms with Crippen LogP contribution < -0.4 is 5.32 Å². The molecule has 0 bridgehead atoms. The average Bonchev–Trinajstić information content (AvgIpc) is 2.39. The summed E-state index contributed by atoms with van der Waals surface area (Å²) in [6, 6.07) is 8.12. The van der Waals surface area contributed by atoms with Crippen LogP contribution in [0.3, 0.4) is 0 Å². The van der Waals surface area contributed by atoms with Crippen molar-refractivity contribution in [3.05, 3.63) is 29.8 Å². The summed E-state index contributed by atoms with van der Waals surface area (Å²) in [6.45, 7) is 8.17. The Morgan fingerprint density at radius 1 is 1.30 bits per heavy atom. The highest BCUT2D eigenvalue weighted by Gasteiger charge is 2.25. The van der Waals surface area contributed by atoms with Crippen LogP contribution >= 0.6 is 0 Å². The Bertz CT molecular complexity index is 452. The minimum Gasteiger partial charge on any atom is -0.384 e. The summed E-state index contributed by atoms with van der Waals surface area (Å²) >= 11 is 0. The molecule has 0 aliphatic carbocycles. The molecule has 0 radical (unpaired) electrons. The highest BCUT2D eigenvalue weighted by molar-refractivity contribution is 5.77. The van der Waals surface area contributed by atoms with Gasteiger partial charge in [0.05, 0.1) is 12.2 Å². The van der Waals surface area contributed by atoms with Crippen molar-refractivity contribution >= 4 is 11.6 Å². The predicted octanol–water partition coefficient (Wildman–Crippen LogP) is 2.43. The molecule has 2 atom stereocenters. The van der Waals surface area contributed by atoms with Crippen LogP contribution in [0, 0.1) is 6.92 Å². The van der Waals surface area contributed by atoms with Crippen molar-refractivity contribution in [2.24, 2.45) is 0 Å². The number of carbonyl (C=O) groups excluding carboxylic acids is 1. The Kier molecular flexibility index (Phi) is 5.01. The molecule has 0 saturated carbocycles. The molecule has 110 valence electrons. The maximum Gasteiger partial charge on any atom is 0.224 e. The zero-order chi connectivity index (χ0) is 14.5. The third-order valence-corrected chi connectivity index (χ3v) is 3.57. The van der Waals surface area contributed by atoms with E-state index in [9.17, 15) is 4.79 Å². The number of morpholine rings is 1. The van der Waals surface area contributed by atoms with Crippen molar-refractivity contribution < 1.29 is 9.53 Å². The van der Waals surface area contributed by atoms with E-state index < -0.39 is 0 Å². The summed E-state index contributed by atoms with van der Waals surface area (Å²) in [5.41, 5.74) is 2.30. The Labute approximate surface area is 121 Å². The normalized spacial score (nSPS) is 22.6. The van der Waals surface area contributed by atoms with Crippen LogP contribution in [0.4, 0.5) is 5.69 Å². The van der Waals surface area contributed by atoms with Crippen LogP contribution in [0.1, 0.15) is 25.8 Å². The lowest BCUT2D eigenvalue weighted by Crippen LogP contribution is -2.48. The van der Waals surface area contributed by atoms with E-state index in [4.69, 9.17) is 4.74 Å². The van der Waals surface area contributed by atoms with Crippen molar-refractivity contribution in [2.75, 3.05) is 25.0 Å². The van der Waals surface area contributed by atoms with E-state index in [1.165, 1.54) is 5.56 Å². The number of amides is 1. The number of nitrogens with one attached hydrogen (secondary N) is 1. The zero-order valence-electron chi connectivity index (χ0n) is 12.6. The van der Waals surface area contributed by atoms with Gasteiger partial charge in [0.15, 0.2) is 0 Å². The molecule has 20 heavy (non-hydrogen) atoms. The summed E-state index contributed by atoms with van der Waals surface area (Å²) in [5.74, 6) is 0.202. The summed E-state index contributed by atoms with van der Waals surface area (Å²) in [4.78, 5) is 14.1. The van der Waals surface area contributed by atoms with Crippen molar-refractivity contribution in [2.45, 2.75) is 39.4 Å². The van der Waals surface area contributed by atoms with Gasteiger partial charge in [0, 0.05) is 31.7 Å². The van der Waals surface area contributed by atoms with Crippen LogP contribution in [0.2, 0.25) is 0 Å². The maximum absolute atomic E-state index is 12.2. The maximum atomic E-state index is 12.2. The second kappa shape index (κ2) is 6.75. The van der Waals surface area contributed by atoms with Gasteiger partial charge in [-0.05, 0) is 32.4 Å². The predicted molar refractivity (Wildman–Crippen MR) is 80.9 cm³/mol. The number of anilines is 1. The molecule has 4 heteroatoms. The first-order valence-corrected chi connectivity index (χ1v) is 7.29. The Morgan fingerprint density at radius 2 is 1.95 bits per heavy atom. The molecule has 4 nitrogen and oxygen atoms in total. The van der Waals surface area contributed by atoms with Crippen molar-refractivity contribution in [1.82, 2.24) is 4.90 Å². The van der Waals surface area contributed by atoms with E-state index in [0.717, 1.165) is 5.69 Å². The molecule has 1 N–H and O–H groups in total. The van der Waals surface area contributed by atoms with Gasteiger partial charge in [0.2, 0.25) is 5.91 Å². The number of aryl methyl sites for hydroxylation is 1. The van der Waals surface area contributed by atoms with E-state index in [0.29, 0.717) is 26.1 Å². The molecule has 1 aromatic carbocycles. The van der Waals surface area contributed by atoms with Gasteiger partial charge in [-0.15, -0.1) is 0 Å². The van der Waals surface area contributed by atoms with Gasteiger partial charge < -0.3 is 15.0 Å². The average molecular weight is 276 g/mol. The van der Waals surface area contributed by atoms with Crippen LogP contribution in [0.5, 0.6) is 0 Å². The lowest BCUT2D eigenvalue weighted by atomic mass is 10.2. The molecule has 2 rings (SSSR count). The molecule has 1 aliphatic heterocycles. The fraction of sp³-hybridized carbons (Fsp3) is 0.562. The van der Waals surface area contributed by atoms with Gasteiger partial charge in [-0.2, -0.15) is 0 Å². The number of hydrogen-bond acceptors (Lipinski definition) is 3. The Balaban J connectivity index is 1.79. The minimum absolute atomic E-state index is 0.132. The monoisotopic (exact) mass is 276 g/mol. The number of nitrogens with zero attached hydrogens (tertiary/aromatic N) is 1. The fourth-order valence-corrected chi connectivity index (χ4v) is 2.61. The van der Waals surface area contributed by atoms with E-state index in [1.807, 2.05) is 36.9 Å². The third kappa shape index (κ3) is 3.97. The largest absolute Gasteiger partial charge is 0.384 e. The number of rotatable bonds is 4. The molecular formula is C16H24N2O2. The van der Waals surface area contributed by atoms with Crippen LogP contribution in [-0.4, -0.2) is 42.6 Å². The Morgan fingerprint density at radius 3 is 2.60 bits per heavy atom. The quantitative estimate of drug-likeness (QED) is 0.918. The van der Waals surface area contributed by atoms with E-state index in [2.05, 4.69) is 18.3 Å². The van der Waals surface area contributed by atoms with Gasteiger partial charge in [0.1, 0.15) is 0 Å². The molecule has 0 aromatic heterocycles. The minimum atomic E-state index is 0.132. The van der Waals surface area contributed by atoms with Gasteiger partial charge in [0.25, 0.3) is 0 Å². The van der Waals surface area contributed by atoms with Crippen molar-refractivity contribution in [1.29, 1.82) is 0 Å². The molecule has 1 amide bonds. The summed E-state index contributed by atoms with van der Waals surface area (Å²) < 4.78 is 5.65. The second-order valence-corrected chi connectivity index (χ2v) is 5.55. The van der Waals surface area contributed by atoms with Crippen molar-refractivity contribution in [3.8, 4) is 0 Å². The van der Waals surface area contributed by atoms with Crippen LogP contribution in [0.25, 0.3) is 0 Å². The number of ether oxygens (including phenoxy) is 1. The first kappa shape index (κ1) is 14.9. The van der Waals surface area contributed by atoms with E-state index >= 15 is 0 Å². The molecule has 0 unspecified atom stereocenters. The number of carbonyl (C=O) groups is 1. The van der Waals surface area contributed by atoms with E-state index in [1.54, 1.807) is 0 Å². The van der Waals surface area contributed by atoms with Gasteiger partial charge in [-0.25, -0.2) is 0 Å². The standard InChI is InChI=1S/C16H24N2O2/c1-12-6-4-5-7-15(12)17-9-8-16(19)18-10-13(2)20-14(3)11-18/h4-7,13-14,17H,8-11H2,1-3H3/t13-,14-/m0/s1. The molecule has 1 fully saturated rings. The number of benzene rings is 1. The van der Waals surface area contributed by atoms with Gasteiger partial charge >= 0.3 is 0 Å². The summed E-state index contributed by atoms with van der Waals surface area (Å²) in [5, 5.41) is 3.33. The second-order valence-electron chi connectivity index (χ2n) is 5.55. The highest BCUT2D eigenvalue weighted by atomic mass is 16.5. The lowest BCUT2D eigenvalue weighted by molar-refractivity contribution is -0.142. The molecule has 1 saturated heterocycles. The summed E-state index contributed by atoms with van der Waals surface area (Å²) in [6.07, 6.45) is 0.785. The van der Waals surface area contributed by atoms with E-state index in [-0.39, 0.29) is 18.1 Å².